The zero-order valence-corrected chi connectivity index (χ0v) is 23.6. The second-order valence-electron chi connectivity index (χ2n) is 8.75. The molecule has 0 aliphatic carbocycles. The monoisotopic (exact) mass is 604 g/mol. The number of sulfone groups is 1. The van der Waals surface area contributed by atoms with Crippen molar-refractivity contribution >= 4 is 56.0 Å². The molecule has 0 spiro atoms. The Morgan fingerprint density at radius 3 is 2.02 bits per heavy atom. The van der Waals surface area contributed by atoms with Gasteiger partial charge in [0.05, 0.1) is 10.6 Å². The van der Waals surface area contributed by atoms with E-state index in [1.807, 2.05) is 10.6 Å². The number of carboxylic acid groups (broad SMARTS) is 2. The van der Waals surface area contributed by atoms with Gasteiger partial charge in [0.15, 0.2) is 21.3 Å². The second-order valence-corrected chi connectivity index (χ2v) is 11.8. The maximum absolute atomic E-state index is 13.0. The number of thiazole rings is 1. The molecule has 4 amide bonds. The van der Waals surface area contributed by atoms with Gasteiger partial charge in [0.2, 0.25) is 5.91 Å². The molecule has 16 heteroatoms. The highest BCUT2D eigenvalue weighted by atomic mass is 32.2. The quantitative estimate of drug-likeness (QED) is 0.150. The zero-order valence-electron chi connectivity index (χ0n) is 21.9. The average molecular weight is 605 g/mol. The van der Waals surface area contributed by atoms with Crippen LogP contribution in [0.4, 0.5) is 20.4 Å². The summed E-state index contributed by atoms with van der Waals surface area (Å²) in [5.41, 5.74) is 2.48. The SMILES string of the molecule is CC(=O)Nc1nc(CCc2ccc(NC(NC(=O)O)NC(=O)O)cc2)c(C(=O)NCc2ccc(S(C)(=O)=O)cc2)s1. The fraction of sp³-hybridized carbons (Fsp3) is 0.240. The number of aromatic nitrogens is 1. The van der Waals surface area contributed by atoms with Gasteiger partial charge in [-0.1, -0.05) is 35.6 Å². The number of rotatable bonds is 12. The lowest BCUT2D eigenvalue weighted by Crippen LogP contribution is -2.52. The van der Waals surface area contributed by atoms with Crippen molar-refractivity contribution in [1.29, 1.82) is 0 Å². The number of carbonyl (C=O) groups excluding carboxylic acids is 2. The number of benzene rings is 2. The highest BCUT2D eigenvalue weighted by Crippen LogP contribution is 2.25. The van der Waals surface area contributed by atoms with Crippen LogP contribution < -0.4 is 26.6 Å². The van der Waals surface area contributed by atoms with Gasteiger partial charge in [0, 0.05) is 25.4 Å². The molecule has 41 heavy (non-hydrogen) atoms. The summed E-state index contributed by atoms with van der Waals surface area (Å²) in [6.45, 7) is 1.48. The Morgan fingerprint density at radius 2 is 1.49 bits per heavy atom. The third-order valence-electron chi connectivity index (χ3n) is 5.44. The zero-order chi connectivity index (χ0) is 30.2. The van der Waals surface area contributed by atoms with Gasteiger partial charge < -0.3 is 26.2 Å². The highest BCUT2D eigenvalue weighted by molar-refractivity contribution is 7.90. The first kappa shape index (κ1) is 30.8. The maximum Gasteiger partial charge on any atom is 0.407 e. The summed E-state index contributed by atoms with van der Waals surface area (Å²) in [6, 6.07) is 13.0. The average Bonchev–Trinajstić information content (AvgIpc) is 3.27. The van der Waals surface area contributed by atoms with Crippen LogP contribution in [0.1, 0.15) is 33.4 Å². The van der Waals surface area contributed by atoms with Crippen LogP contribution in [0, 0.1) is 0 Å². The Kier molecular flexibility index (Phi) is 10.2. The van der Waals surface area contributed by atoms with E-state index in [-0.39, 0.29) is 22.5 Å². The Hall–Kier alpha value is -4.70. The highest BCUT2D eigenvalue weighted by Gasteiger charge is 2.19. The number of amides is 4. The van der Waals surface area contributed by atoms with E-state index in [4.69, 9.17) is 10.2 Å². The predicted molar refractivity (Wildman–Crippen MR) is 151 cm³/mol. The van der Waals surface area contributed by atoms with Gasteiger partial charge in [-0.15, -0.1) is 0 Å². The van der Waals surface area contributed by atoms with Gasteiger partial charge in [-0.05, 0) is 48.2 Å². The van der Waals surface area contributed by atoms with E-state index in [1.165, 1.54) is 19.1 Å². The van der Waals surface area contributed by atoms with E-state index in [0.717, 1.165) is 23.2 Å². The van der Waals surface area contributed by atoms with E-state index < -0.39 is 34.2 Å². The van der Waals surface area contributed by atoms with Crippen molar-refractivity contribution in [3.05, 3.63) is 70.2 Å². The van der Waals surface area contributed by atoms with Crippen molar-refractivity contribution in [2.24, 2.45) is 0 Å². The first-order valence-electron chi connectivity index (χ1n) is 12.0. The predicted octanol–water partition coefficient (Wildman–Crippen LogP) is 2.45. The van der Waals surface area contributed by atoms with Crippen LogP contribution in [-0.2, 0) is 34.0 Å². The van der Waals surface area contributed by atoms with Gasteiger partial charge in [0.25, 0.3) is 5.91 Å². The number of hydrogen-bond donors (Lipinski definition) is 7. The van der Waals surface area contributed by atoms with Crippen molar-refractivity contribution in [3.8, 4) is 0 Å². The van der Waals surface area contributed by atoms with E-state index in [9.17, 15) is 27.6 Å². The minimum absolute atomic E-state index is 0.151. The lowest BCUT2D eigenvalue weighted by molar-refractivity contribution is -0.114. The third-order valence-corrected chi connectivity index (χ3v) is 7.58. The van der Waals surface area contributed by atoms with Gasteiger partial charge in [0.1, 0.15) is 4.88 Å². The molecule has 1 aromatic heterocycles. The topological polar surface area (TPSA) is 216 Å². The normalized spacial score (nSPS) is 11.0. The minimum atomic E-state index is -3.33. The summed E-state index contributed by atoms with van der Waals surface area (Å²) in [5.74, 6) is -0.733. The summed E-state index contributed by atoms with van der Waals surface area (Å²) in [7, 11) is -3.33. The molecular formula is C25H28N6O8S2. The van der Waals surface area contributed by atoms with Crippen molar-refractivity contribution in [2.45, 2.75) is 37.5 Å². The standard InChI is InChI=1S/C25H28N6O8S2/c1-14(32)27-23-29-19(20(40-23)21(33)26-13-16-5-10-18(11-6-16)41(2,38)39)12-7-15-3-8-17(9-4-15)28-22(30-24(34)35)31-25(36)37/h3-6,8-11,22,28,30-31H,7,12-13H2,1-2H3,(H,26,33)(H,34,35)(H,36,37)(H,27,29,32). The van der Waals surface area contributed by atoms with Crippen LogP contribution in [0.5, 0.6) is 0 Å². The lowest BCUT2D eigenvalue weighted by Gasteiger charge is -2.19. The molecule has 0 radical (unpaired) electrons. The molecule has 0 saturated heterocycles. The van der Waals surface area contributed by atoms with Crippen molar-refractivity contribution in [1.82, 2.24) is 20.9 Å². The van der Waals surface area contributed by atoms with Gasteiger partial charge in [-0.3, -0.25) is 20.2 Å². The fourth-order valence-electron chi connectivity index (χ4n) is 3.57. The van der Waals surface area contributed by atoms with Crippen molar-refractivity contribution < 1.29 is 37.8 Å². The number of nitrogens with one attached hydrogen (secondary N) is 5. The van der Waals surface area contributed by atoms with Gasteiger partial charge in [-0.25, -0.2) is 23.0 Å². The van der Waals surface area contributed by atoms with E-state index in [2.05, 4.69) is 20.9 Å². The summed E-state index contributed by atoms with van der Waals surface area (Å²) < 4.78 is 23.3. The van der Waals surface area contributed by atoms with Crippen LogP contribution in [-0.4, -0.2) is 60.2 Å². The minimum Gasteiger partial charge on any atom is -0.465 e. The van der Waals surface area contributed by atoms with E-state index in [1.54, 1.807) is 36.4 Å². The molecule has 0 bridgehead atoms. The molecule has 3 aromatic rings. The van der Waals surface area contributed by atoms with E-state index in [0.29, 0.717) is 34.7 Å². The Bertz CT molecular complexity index is 1510. The van der Waals surface area contributed by atoms with E-state index >= 15 is 0 Å². The summed E-state index contributed by atoms with van der Waals surface area (Å²) in [5, 5.41) is 30.1. The molecular weight excluding hydrogens is 576 g/mol. The third kappa shape index (κ3) is 9.77. The molecule has 0 unspecified atom stereocenters. The lowest BCUT2D eigenvalue weighted by atomic mass is 10.1. The Labute approximate surface area is 239 Å². The Morgan fingerprint density at radius 1 is 0.902 bits per heavy atom. The fourth-order valence-corrected chi connectivity index (χ4v) is 5.18. The molecule has 7 N–H and O–H groups in total. The molecule has 0 aliphatic heterocycles. The number of nitrogens with zero attached hydrogens (tertiary/aromatic N) is 1. The molecule has 14 nitrogen and oxygen atoms in total. The molecule has 0 saturated carbocycles. The van der Waals surface area contributed by atoms with Crippen LogP contribution in [0.3, 0.4) is 0 Å². The summed E-state index contributed by atoms with van der Waals surface area (Å²) >= 11 is 1.04. The van der Waals surface area contributed by atoms with Crippen molar-refractivity contribution in [3.63, 3.8) is 0 Å². The molecule has 0 fully saturated rings. The number of aryl methyl sites for hydroxylation is 2. The molecule has 3 rings (SSSR count). The van der Waals surface area contributed by atoms with Crippen LogP contribution in [0.25, 0.3) is 0 Å². The number of hydrogen-bond acceptors (Lipinski definition) is 9. The number of carbonyl (C=O) groups is 4. The Balaban J connectivity index is 1.67. The molecule has 1 heterocycles. The first-order chi connectivity index (χ1) is 19.3. The van der Waals surface area contributed by atoms with Gasteiger partial charge >= 0.3 is 12.2 Å². The molecule has 218 valence electrons. The summed E-state index contributed by atoms with van der Waals surface area (Å²) in [4.78, 5) is 51.3. The number of anilines is 2. The molecule has 0 aliphatic rings. The molecule has 0 atom stereocenters. The smallest absolute Gasteiger partial charge is 0.407 e. The van der Waals surface area contributed by atoms with Crippen molar-refractivity contribution in [2.75, 3.05) is 16.9 Å². The maximum atomic E-state index is 13.0. The van der Waals surface area contributed by atoms with Crippen LogP contribution >= 0.6 is 11.3 Å². The van der Waals surface area contributed by atoms with Gasteiger partial charge in [-0.2, -0.15) is 0 Å². The molecule has 2 aromatic carbocycles. The first-order valence-corrected chi connectivity index (χ1v) is 14.7. The van der Waals surface area contributed by atoms with Crippen LogP contribution in [0.2, 0.25) is 0 Å². The largest absolute Gasteiger partial charge is 0.465 e. The summed E-state index contributed by atoms with van der Waals surface area (Å²) in [6.07, 6.45) is -2.16. The second kappa shape index (κ2) is 13.6. The van der Waals surface area contributed by atoms with Crippen LogP contribution in [0.15, 0.2) is 53.4 Å².